The fourth-order valence-electron chi connectivity index (χ4n) is 3.51. The molecule has 1 aromatic heterocycles. The van der Waals surface area contributed by atoms with E-state index in [2.05, 4.69) is 10.00 Å². The summed E-state index contributed by atoms with van der Waals surface area (Å²) in [5, 5.41) is 14.4. The zero-order chi connectivity index (χ0) is 20.3. The van der Waals surface area contributed by atoms with Crippen molar-refractivity contribution in [2.45, 2.75) is 39.0 Å². The van der Waals surface area contributed by atoms with Crippen LogP contribution in [0.25, 0.3) is 11.3 Å². The third-order valence-electron chi connectivity index (χ3n) is 4.93. The van der Waals surface area contributed by atoms with E-state index in [0.29, 0.717) is 31.9 Å². The van der Waals surface area contributed by atoms with Crippen molar-refractivity contribution in [3.8, 4) is 11.3 Å². The average molecular weight is 384 g/mol. The number of nitrogens with zero attached hydrogens (tertiary/aromatic N) is 4. The molecule has 1 saturated heterocycles. The number of aromatic nitrogens is 2. The van der Waals surface area contributed by atoms with Gasteiger partial charge in [-0.3, -0.25) is 14.5 Å². The van der Waals surface area contributed by atoms with Crippen molar-refractivity contribution in [2.24, 2.45) is 0 Å². The molecular formula is C21H28N4O3. The number of carbonyl (C=O) groups excluding carboxylic acids is 1. The van der Waals surface area contributed by atoms with E-state index in [9.17, 15) is 14.7 Å². The summed E-state index contributed by atoms with van der Waals surface area (Å²) in [7, 11) is 0. The molecule has 7 heteroatoms. The molecule has 1 N–H and O–H groups in total. The lowest BCUT2D eigenvalue weighted by Crippen LogP contribution is -2.57. The Bertz CT molecular complexity index is 873. The standard InChI is InChI=1S/C21H28N4O3/c1-16-13-23(11-12-24(16)15-21(2,3)28)20(27)14-25-19(26)10-9-18(22-25)17-7-5-4-6-8-17/h4-10,16,28H,11-15H2,1-3H3. The SMILES string of the molecule is CC1CN(C(=O)Cn2nc(-c3ccccc3)ccc2=O)CCN1CC(C)(C)O. The van der Waals surface area contributed by atoms with Crippen LogP contribution in [0.5, 0.6) is 0 Å². The van der Waals surface area contributed by atoms with Gasteiger partial charge in [0.1, 0.15) is 6.54 Å². The van der Waals surface area contributed by atoms with Gasteiger partial charge in [-0.1, -0.05) is 30.3 Å². The predicted molar refractivity (Wildman–Crippen MR) is 108 cm³/mol. The smallest absolute Gasteiger partial charge is 0.267 e. The van der Waals surface area contributed by atoms with Crippen molar-refractivity contribution in [1.29, 1.82) is 0 Å². The Balaban J connectivity index is 1.68. The highest BCUT2D eigenvalue weighted by Gasteiger charge is 2.30. The molecule has 0 spiro atoms. The Labute approximate surface area is 165 Å². The Kier molecular flexibility index (Phi) is 5.96. The molecule has 1 atom stereocenters. The maximum atomic E-state index is 12.8. The molecule has 7 nitrogen and oxygen atoms in total. The van der Waals surface area contributed by atoms with E-state index in [0.717, 1.165) is 5.56 Å². The van der Waals surface area contributed by atoms with Crippen LogP contribution >= 0.6 is 0 Å². The van der Waals surface area contributed by atoms with Gasteiger partial charge in [-0.2, -0.15) is 5.10 Å². The van der Waals surface area contributed by atoms with Crippen LogP contribution in [0.15, 0.2) is 47.3 Å². The van der Waals surface area contributed by atoms with Crippen LogP contribution in [0.2, 0.25) is 0 Å². The van der Waals surface area contributed by atoms with Gasteiger partial charge in [-0.15, -0.1) is 0 Å². The van der Waals surface area contributed by atoms with Gasteiger partial charge in [0.2, 0.25) is 5.91 Å². The molecule has 0 bridgehead atoms. The van der Waals surface area contributed by atoms with Gasteiger partial charge < -0.3 is 10.0 Å². The average Bonchev–Trinajstić information content (AvgIpc) is 2.65. The van der Waals surface area contributed by atoms with Crippen LogP contribution in [-0.2, 0) is 11.3 Å². The number of benzene rings is 1. The monoisotopic (exact) mass is 384 g/mol. The van der Waals surface area contributed by atoms with Crippen LogP contribution in [-0.4, -0.2) is 68.4 Å². The van der Waals surface area contributed by atoms with Gasteiger partial charge in [0.15, 0.2) is 0 Å². The summed E-state index contributed by atoms with van der Waals surface area (Å²) in [6.45, 7) is 7.96. The fourth-order valence-corrected chi connectivity index (χ4v) is 3.51. The predicted octanol–water partition coefficient (Wildman–Crippen LogP) is 1.21. The van der Waals surface area contributed by atoms with E-state index in [4.69, 9.17) is 0 Å². The molecule has 0 aliphatic carbocycles. The molecule has 1 fully saturated rings. The highest BCUT2D eigenvalue weighted by Crippen LogP contribution is 2.16. The number of aliphatic hydroxyl groups is 1. The number of hydrogen-bond acceptors (Lipinski definition) is 5. The van der Waals surface area contributed by atoms with Crippen LogP contribution in [0.4, 0.5) is 0 Å². The van der Waals surface area contributed by atoms with Gasteiger partial charge in [-0.05, 0) is 26.8 Å². The Morgan fingerprint density at radius 2 is 1.89 bits per heavy atom. The number of carbonyl (C=O) groups is 1. The second kappa shape index (κ2) is 8.24. The molecule has 28 heavy (non-hydrogen) atoms. The molecule has 2 aromatic rings. The van der Waals surface area contributed by atoms with E-state index in [1.54, 1.807) is 24.8 Å². The lowest BCUT2D eigenvalue weighted by Gasteiger charge is -2.42. The highest BCUT2D eigenvalue weighted by molar-refractivity contribution is 5.76. The quantitative estimate of drug-likeness (QED) is 0.838. The first-order valence-corrected chi connectivity index (χ1v) is 9.61. The number of hydrogen-bond donors (Lipinski definition) is 1. The molecule has 150 valence electrons. The number of rotatable bonds is 5. The number of β-amino-alcohol motifs (C(OH)–C–C–N with tert-alkyl or cyclic N) is 1. The molecule has 3 rings (SSSR count). The van der Waals surface area contributed by atoms with Crippen molar-refractivity contribution in [1.82, 2.24) is 19.6 Å². The number of piperazine rings is 1. The topological polar surface area (TPSA) is 78.7 Å². The molecule has 2 heterocycles. The highest BCUT2D eigenvalue weighted by atomic mass is 16.3. The van der Waals surface area contributed by atoms with Crippen molar-refractivity contribution >= 4 is 5.91 Å². The molecule has 0 saturated carbocycles. The van der Waals surface area contributed by atoms with Crippen LogP contribution in [0.3, 0.4) is 0 Å². The van der Waals surface area contributed by atoms with Crippen molar-refractivity contribution in [2.75, 3.05) is 26.2 Å². The van der Waals surface area contributed by atoms with Crippen molar-refractivity contribution < 1.29 is 9.90 Å². The molecule has 1 aromatic carbocycles. The third kappa shape index (κ3) is 5.05. The minimum Gasteiger partial charge on any atom is -0.389 e. The summed E-state index contributed by atoms with van der Waals surface area (Å²) in [4.78, 5) is 28.9. The first kappa shape index (κ1) is 20.2. The summed E-state index contributed by atoms with van der Waals surface area (Å²) in [5.74, 6) is -0.116. The zero-order valence-electron chi connectivity index (χ0n) is 16.7. The molecule has 1 aliphatic rings. The third-order valence-corrected chi connectivity index (χ3v) is 4.93. The van der Waals surface area contributed by atoms with Gasteiger partial charge in [0.05, 0.1) is 11.3 Å². The largest absolute Gasteiger partial charge is 0.389 e. The molecular weight excluding hydrogens is 356 g/mol. The van der Waals surface area contributed by atoms with E-state index in [1.807, 2.05) is 37.3 Å². The van der Waals surface area contributed by atoms with Crippen molar-refractivity contribution in [3.63, 3.8) is 0 Å². The summed E-state index contributed by atoms with van der Waals surface area (Å²) in [5.41, 5.74) is 0.505. The van der Waals surface area contributed by atoms with Crippen LogP contribution < -0.4 is 5.56 Å². The summed E-state index contributed by atoms with van der Waals surface area (Å²) < 4.78 is 1.23. The molecule has 1 unspecified atom stereocenters. The van der Waals surface area contributed by atoms with E-state index < -0.39 is 5.60 Å². The number of amides is 1. The Morgan fingerprint density at radius 3 is 2.54 bits per heavy atom. The normalized spacial score (nSPS) is 18.3. The lowest BCUT2D eigenvalue weighted by atomic mass is 10.1. The first-order chi connectivity index (χ1) is 13.2. The van der Waals surface area contributed by atoms with Crippen LogP contribution in [0, 0.1) is 0 Å². The summed E-state index contributed by atoms with van der Waals surface area (Å²) in [6, 6.07) is 12.8. The Morgan fingerprint density at radius 1 is 1.18 bits per heavy atom. The van der Waals surface area contributed by atoms with Crippen LogP contribution in [0.1, 0.15) is 20.8 Å². The summed E-state index contributed by atoms with van der Waals surface area (Å²) in [6.07, 6.45) is 0. The van der Waals surface area contributed by atoms with Gasteiger partial charge >= 0.3 is 0 Å². The minimum absolute atomic E-state index is 0.0717. The van der Waals surface area contributed by atoms with E-state index in [-0.39, 0.29) is 24.1 Å². The lowest BCUT2D eigenvalue weighted by molar-refractivity contribution is -0.135. The second-order valence-electron chi connectivity index (χ2n) is 8.05. The second-order valence-corrected chi connectivity index (χ2v) is 8.05. The maximum absolute atomic E-state index is 12.8. The fraction of sp³-hybridized carbons (Fsp3) is 0.476. The van der Waals surface area contributed by atoms with Gasteiger partial charge in [-0.25, -0.2) is 4.68 Å². The van der Waals surface area contributed by atoms with Crippen molar-refractivity contribution in [3.05, 3.63) is 52.8 Å². The Hall–Kier alpha value is -2.51. The minimum atomic E-state index is -0.768. The van der Waals surface area contributed by atoms with Gasteiger partial charge in [0, 0.05) is 43.9 Å². The summed E-state index contributed by atoms with van der Waals surface area (Å²) >= 11 is 0. The zero-order valence-corrected chi connectivity index (χ0v) is 16.7. The van der Waals surface area contributed by atoms with E-state index >= 15 is 0 Å². The van der Waals surface area contributed by atoms with E-state index in [1.165, 1.54) is 10.7 Å². The van der Waals surface area contributed by atoms with Gasteiger partial charge in [0.25, 0.3) is 5.56 Å². The molecule has 1 amide bonds. The maximum Gasteiger partial charge on any atom is 0.267 e. The first-order valence-electron chi connectivity index (χ1n) is 9.61. The molecule has 0 radical (unpaired) electrons. The molecule has 1 aliphatic heterocycles.